The zero-order chi connectivity index (χ0) is 9.12. The molecule has 0 saturated heterocycles. The maximum Gasteiger partial charge on any atom is 0.523 e. The van der Waals surface area contributed by atoms with Crippen LogP contribution in [0.3, 0.4) is 0 Å². The molecular weight excluding hydrogens is 187 g/mol. The highest BCUT2D eigenvalue weighted by Crippen LogP contribution is 2.23. The maximum absolute atomic E-state index is 11.4. The first kappa shape index (κ1) is 10.4. The third-order valence-corrected chi connectivity index (χ3v) is 1.60. The van der Waals surface area contributed by atoms with E-state index in [4.69, 9.17) is 5.41 Å². The molecule has 0 radical (unpaired) electrons. The minimum Gasteiger partial charge on any atom is -0.311 e. The van der Waals surface area contributed by atoms with Gasteiger partial charge in [0.1, 0.15) is 6.61 Å². The quantitative estimate of drug-likeness (QED) is 0.401. The van der Waals surface area contributed by atoms with Crippen molar-refractivity contribution in [1.82, 2.24) is 0 Å². The van der Waals surface area contributed by atoms with Gasteiger partial charge >= 0.3 is 15.6 Å². The highest BCUT2D eigenvalue weighted by molar-refractivity contribution is 7.87. The maximum atomic E-state index is 11.4. The molecule has 0 rings (SSSR count). The van der Waals surface area contributed by atoms with Crippen molar-refractivity contribution in [3.63, 3.8) is 0 Å². The van der Waals surface area contributed by atoms with Crippen LogP contribution in [0.25, 0.3) is 0 Å². The summed E-state index contributed by atoms with van der Waals surface area (Å²) in [7, 11) is -5.51. The van der Waals surface area contributed by atoms with Gasteiger partial charge in [-0.3, -0.25) is 4.18 Å². The van der Waals surface area contributed by atoms with Crippen molar-refractivity contribution in [3.05, 3.63) is 0 Å². The van der Waals surface area contributed by atoms with E-state index in [1.165, 1.54) is 0 Å². The Morgan fingerprint density at radius 3 is 2.18 bits per heavy atom. The lowest BCUT2D eigenvalue weighted by Crippen LogP contribution is -2.26. The van der Waals surface area contributed by atoms with E-state index in [9.17, 15) is 21.6 Å². The molecule has 0 heterocycles. The Balaban J connectivity index is 4.37. The molecule has 0 bridgehead atoms. The number of hydrogen-bond donors (Lipinski definition) is 1. The summed E-state index contributed by atoms with van der Waals surface area (Å²) in [5.41, 5.74) is -5.41. The fourth-order valence-electron chi connectivity index (χ4n) is 0.190. The largest absolute Gasteiger partial charge is 0.523 e. The molecule has 66 valence electrons. The van der Waals surface area contributed by atoms with E-state index in [2.05, 4.69) is 4.18 Å². The van der Waals surface area contributed by atoms with Crippen molar-refractivity contribution in [2.75, 3.05) is 6.61 Å². The minimum absolute atomic E-state index is 0.406. The molecule has 0 aromatic carbocycles. The predicted molar refractivity (Wildman–Crippen MR) is 29.7 cm³/mol. The molecule has 0 aliphatic carbocycles. The van der Waals surface area contributed by atoms with Gasteiger partial charge in [0, 0.05) is 6.21 Å². The SMILES string of the molecule is N=CCOS(=O)(=O)C(F)(F)F. The van der Waals surface area contributed by atoms with E-state index >= 15 is 0 Å². The van der Waals surface area contributed by atoms with Crippen LogP contribution < -0.4 is 0 Å². The molecule has 8 heteroatoms. The van der Waals surface area contributed by atoms with Gasteiger partial charge < -0.3 is 5.41 Å². The Labute approximate surface area is 60.6 Å². The van der Waals surface area contributed by atoms with Gasteiger partial charge in [-0.1, -0.05) is 0 Å². The summed E-state index contributed by atoms with van der Waals surface area (Å²) < 4.78 is 57.4. The lowest BCUT2D eigenvalue weighted by molar-refractivity contribution is -0.0532. The highest BCUT2D eigenvalue weighted by atomic mass is 32.2. The summed E-state index contributed by atoms with van der Waals surface area (Å²) in [6, 6.07) is 0. The number of rotatable bonds is 3. The standard InChI is InChI=1S/C3H4F3NO3S/c4-3(5,6)11(8,9)10-2-1-7/h1,7H,2H2. The number of halogens is 3. The van der Waals surface area contributed by atoms with E-state index < -0.39 is 22.2 Å². The summed E-state index contributed by atoms with van der Waals surface area (Å²) >= 11 is 0. The second kappa shape index (κ2) is 3.18. The van der Waals surface area contributed by atoms with Crippen LogP contribution in [-0.2, 0) is 14.3 Å². The summed E-state index contributed by atoms with van der Waals surface area (Å²) in [4.78, 5) is 0. The minimum atomic E-state index is -5.51. The summed E-state index contributed by atoms with van der Waals surface area (Å²) in [6.07, 6.45) is 0.406. The van der Waals surface area contributed by atoms with Crippen molar-refractivity contribution in [1.29, 1.82) is 5.41 Å². The Bertz CT molecular complexity index is 231. The van der Waals surface area contributed by atoms with Crippen molar-refractivity contribution in [3.8, 4) is 0 Å². The van der Waals surface area contributed by atoms with Crippen LogP contribution in [0.4, 0.5) is 13.2 Å². The van der Waals surface area contributed by atoms with Gasteiger partial charge in [-0.05, 0) is 0 Å². The fourth-order valence-corrected chi connectivity index (χ4v) is 0.571. The normalized spacial score (nSPS) is 13.0. The van der Waals surface area contributed by atoms with Gasteiger partial charge in [0.25, 0.3) is 0 Å². The monoisotopic (exact) mass is 191 g/mol. The third-order valence-electron chi connectivity index (χ3n) is 0.590. The molecule has 0 unspecified atom stereocenters. The lowest BCUT2D eigenvalue weighted by atomic mass is 10.8. The van der Waals surface area contributed by atoms with Crippen molar-refractivity contribution >= 4 is 16.3 Å². The topological polar surface area (TPSA) is 67.2 Å². The van der Waals surface area contributed by atoms with Gasteiger partial charge in [-0.15, -0.1) is 0 Å². The second-order valence-electron chi connectivity index (χ2n) is 1.39. The summed E-state index contributed by atoms with van der Waals surface area (Å²) in [6.45, 7) is -0.901. The molecule has 0 aromatic heterocycles. The van der Waals surface area contributed by atoms with Crippen molar-refractivity contribution in [2.24, 2.45) is 0 Å². The molecule has 0 atom stereocenters. The number of alkyl halides is 3. The molecule has 4 nitrogen and oxygen atoms in total. The first-order chi connectivity index (χ1) is 4.81. The van der Waals surface area contributed by atoms with Gasteiger partial charge in [-0.25, -0.2) is 0 Å². The van der Waals surface area contributed by atoms with E-state index in [1.807, 2.05) is 0 Å². The molecule has 0 saturated carbocycles. The fraction of sp³-hybridized carbons (Fsp3) is 0.667. The molecule has 0 spiro atoms. The smallest absolute Gasteiger partial charge is 0.311 e. The first-order valence-corrected chi connectivity index (χ1v) is 3.66. The predicted octanol–water partition coefficient (Wildman–Crippen LogP) is 0.502. The van der Waals surface area contributed by atoms with Crippen LogP contribution in [0.2, 0.25) is 0 Å². The Morgan fingerprint density at radius 2 is 1.91 bits per heavy atom. The molecule has 11 heavy (non-hydrogen) atoms. The molecular formula is C3H4F3NO3S. The average molecular weight is 191 g/mol. The molecule has 1 N–H and O–H groups in total. The van der Waals surface area contributed by atoms with Gasteiger partial charge in [0.15, 0.2) is 0 Å². The van der Waals surface area contributed by atoms with Gasteiger partial charge in [0.05, 0.1) is 0 Å². The molecule has 0 aliphatic heterocycles. The van der Waals surface area contributed by atoms with Crippen molar-refractivity contribution in [2.45, 2.75) is 5.51 Å². The third kappa shape index (κ3) is 2.85. The average Bonchev–Trinajstić information content (AvgIpc) is 1.81. The highest BCUT2D eigenvalue weighted by Gasteiger charge is 2.47. The zero-order valence-corrected chi connectivity index (χ0v) is 5.87. The van der Waals surface area contributed by atoms with Crippen LogP contribution >= 0.6 is 0 Å². The Morgan fingerprint density at radius 1 is 1.45 bits per heavy atom. The van der Waals surface area contributed by atoms with Crippen LogP contribution in [-0.4, -0.2) is 26.7 Å². The van der Waals surface area contributed by atoms with E-state index in [0.29, 0.717) is 6.21 Å². The molecule has 0 aromatic rings. The van der Waals surface area contributed by atoms with Gasteiger partial charge in [0.2, 0.25) is 0 Å². The van der Waals surface area contributed by atoms with E-state index in [1.54, 1.807) is 0 Å². The Kier molecular flexibility index (Phi) is 3.00. The van der Waals surface area contributed by atoms with Crippen LogP contribution in [0.5, 0.6) is 0 Å². The van der Waals surface area contributed by atoms with E-state index in [0.717, 1.165) is 0 Å². The lowest BCUT2D eigenvalue weighted by Gasteiger charge is -2.05. The van der Waals surface area contributed by atoms with Crippen LogP contribution in [0, 0.1) is 5.41 Å². The first-order valence-electron chi connectivity index (χ1n) is 2.26. The molecule has 0 aliphatic rings. The van der Waals surface area contributed by atoms with Crippen molar-refractivity contribution < 1.29 is 25.8 Å². The molecule has 0 fully saturated rings. The Hall–Kier alpha value is -0.630. The van der Waals surface area contributed by atoms with Crippen LogP contribution in [0.1, 0.15) is 0 Å². The molecule has 0 amide bonds. The van der Waals surface area contributed by atoms with Gasteiger partial charge in [-0.2, -0.15) is 21.6 Å². The summed E-state index contributed by atoms with van der Waals surface area (Å²) in [5, 5.41) is 6.21. The number of nitrogens with one attached hydrogen (secondary N) is 1. The second-order valence-corrected chi connectivity index (χ2v) is 3.00. The summed E-state index contributed by atoms with van der Waals surface area (Å²) in [5.74, 6) is 0. The van der Waals surface area contributed by atoms with E-state index in [-0.39, 0.29) is 0 Å². The zero-order valence-electron chi connectivity index (χ0n) is 5.05. The number of hydrogen-bond acceptors (Lipinski definition) is 4. The van der Waals surface area contributed by atoms with Crippen LogP contribution in [0.15, 0.2) is 0 Å².